The second-order valence-corrected chi connectivity index (χ2v) is 10.3. The maximum absolute atomic E-state index is 13.9. The lowest BCUT2D eigenvalue weighted by atomic mass is 9.54. The van der Waals surface area contributed by atoms with Crippen LogP contribution in [-0.2, 0) is 9.53 Å². The molecule has 5 heteroatoms. The van der Waals surface area contributed by atoms with E-state index in [9.17, 15) is 19.4 Å². The summed E-state index contributed by atoms with van der Waals surface area (Å²) < 4.78 is 18.4. The Labute approximate surface area is 180 Å². The molecule has 1 aliphatic rings. The lowest BCUT2D eigenvalue weighted by molar-refractivity contribution is -0.143. The molecule has 0 heterocycles. The van der Waals surface area contributed by atoms with Gasteiger partial charge in [0.1, 0.15) is 5.82 Å². The number of benzene rings is 1. The Morgan fingerprint density at radius 1 is 1.30 bits per heavy atom. The normalized spacial score (nSPS) is 25.1. The molecule has 2 N–H and O–H groups in total. The van der Waals surface area contributed by atoms with Gasteiger partial charge in [0.15, 0.2) is 0 Å². The van der Waals surface area contributed by atoms with Crippen LogP contribution in [0, 0.1) is 29.5 Å². The second-order valence-electron chi connectivity index (χ2n) is 10.3. The van der Waals surface area contributed by atoms with Gasteiger partial charge in [-0.2, -0.15) is 0 Å². The number of carbonyl (C=O) groups is 1. The van der Waals surface area contributed by atoms with Gasteiger partial charge in [-0.05, 0) is 59.6 Å². The number of carbonyl (C=O) groups excluding carboxylic acids is 1. The molecular weight excluding hydrogens is 383 g/mol. The number of allylic oxidation sites excluding steroid dienone is 1. The molecule has 1 aliphatic carbocycles. The molecule has 4 unspecified atom stereocenters. The van der Waals surface area contributed by atoms with Crippen molar-refractivity contribution in [3.63, 3.8) is 0 Å². The van der Waals surface area contributed by atoms with E-state index >= 15 is 0 Å². The van der Waals surface area contributed by atoms with Gasteiger partial charge in [-0.15, -0.1) is 0 Å². The minimum Gasteiger partial charge on any atom is -0.469 e. The van der Waals surface area contributed by atoms with Crippen molar-refractivity contribution in [1.29, 1.82) is 0 Å². The molecule has 0 radical (unpaired) electrons. The van der Waals surface area contributed by atoms with Crippen molar-refractivity contribution < 1.29 is 24.1 Å². The van der Waals surface area contributed by atoms with Crippen LogP contribution in [0.3, 0.4) is 0 Å². The Morgan fingerprint density at radius 3 is 2.57 bits per heavy atom. The number of esters is 1. The van der Waals surface area contributed by atoms with E-state index < -0.39 is 18.2 Å². The molecular formula is C25H37FO4. The Bertz CT molecular complexity index is 768. The fourth-order valence-corrected chi connectivity index (χ4v) is 5.27. The molecule has 1 saturated carbocycles. The third-order valence-electron chi connectivity index (χ3n) is 6.34. The molecule has 0 spiro atoms. The van der Waals surface area contributed by atoms with Crippen molar-refractivity contribution in [3.8, 4) is 0 Å². The molecule has 168 valence electrons. The zero-order valence-electron chi connectivity index (χ0n) is 19.1. The first-order valence-corrected chi connectivity index (χ1v) is 10.7. The molecule has 0 aliphatic heterocycles. The van der Waals surface area contributed by atoms with Gasteiger partial charge in [0.25, 0.3) is 0 Å². The number of rotatable bonds is 7. The van der Waals surface area contributed by atoms with E-state index in [-0.39, 0.29) is 41.3 Å². The van der Waals surface area contributed by atoms with E-state index in [1.54, 1.807) is 13.0 Å². The molecule has 2 rings (SSSR count). The monoisotopic (exact) mass is 420 g/mol. The highest BCUT2D eigenvalue weighted by Gasteiger charge is 2.45. The van der Waals surface area contributed by atoms with Gasteiger partial charge in [0, 0.05) is 6.42 Å². The fourth-order valence-electron chi connectivity index (χ4n) is 5.27. The number of ether oxygens (including phenoxy) is 1. The Balaban J connectivity index is 2.25. The number of aryl methyl sites for hydroxylation is 1. The van der Waals surface area contributed by atoms with Crippen LogP contribution in [0.15, 0.2) is 30.4 Å². The average Bonchev–Trinajstić information content (AvgIpc) is 2.60. The molecule has 0 saturated heterocycles. The van der Waals surface area contributed by atoms with Gasteiger partial charge in [-0.25, -0.2) is 4.39 Å². The SMILES string of the molecule is COC(=O)CC(O)CC(O)C=CC1C(c2ccc(F)c(C)c2)CC(C)(C)CC1(C)C. The number of aliphatic hydroxyl groups excluding tert-OH is 2. The van der Waals surface area contributed by atoms with Gasteiger partial charge in [-0.1, -0.05) is 52.0 Å². The van der Waals surface area contributed by atoms with E-state index in [0.717, 1.165) is 18.4 Å². The van der Waals surface area contributed by atoms with Crippen molar-refractivity contribution in [2.45, 2.75) is 78.4 Å². The standard InChI is InChI=1S/C25H37FO4/c1-16-11-17(7-10-22(16)26)20-14-24(2,3)15-25(4,5)21(20)9-8-18(27)12-19(28)13-23(29)30-6/h7-11,18-21,27-28H,12-15H2,1-6H3. The summed E-state index contributed by atoms with van der Waals surface area (Å²) in [5.41, 5.74) is 1.89. The Kier molecular flexibility index (Phi) is 7.86. The van der Waals surface area contributed by atoms with E-state index in [1.165, 1.54) is 13.2 Å². The van der Waals surface area contributed by atoms with E-state index in [4.69, 9.17) is 0 Å². The van der Waals surface area contributed by atoms with Crippen molar-refractivity contribution >= 4 is 5.97 Å². The number of hydrogen-bond donors (Lipinski definition) is 2. The van der Waals surface area contributed by atoms with Gasteiger partial charge >= 0.3 is 5.97 Å². The van der Waals surface area contributed by atoms with Gasteiger partial charge in [0.05, 0.1) is 25.7 Å². The largest absolute Gasteiger partial charge is 0.469 e. The van der Waals surface area contributed by atoms with Gasteiger partial charge in [0.2, 0.25) is 0 Å². The van der Waals surface area contributed by atoms with Crippen LogP contribution in [0.25, 0.3) is 0 Å². The van der Waals surface area contributed by atoms with Gasteiger partial charge < -0.3 is 14.9 Å². The first kappa shape index (κ1) is 24.5. The smallest absolute Gasteiger partial charge is 0.308 e. The minimum absolute atomic E-state index is 0.0183. The summed E-state index contributed by atoms with van der Waals surface area (Å²) in [7, 11) is 1.27. The predicted molar refractivity (Wildman–Crippen MR) is 117 cm³/mol. The van der Waals surface area contributed by atoms with Crippen molar-refractivity contribution in [2.24, 2.45) is 16.7 Å². The number of methoxy groups -OCH3 is 1. The third kappa shape index (κ3) is 6.39. The molecule has 0 aromatic heterocycles. The molecule has 1 fully saturated rings. The fraction of sp³-hybridized carbons (Fsp3) is 0.640. The van der Waals surface area contributed by atoms with E-state index in [2.05, 4.69) is 32.4 Å². The summed E-state index contributed by atoms with van der Waals surface area (Å²) in [6.07, 6.45) is 3.91. The molecule has 1 aromatic carbocycles. The van der Waals surface area contributed by atoms with Crippen LogP contribution in [0.4, 0.5) is 4.39 Å². The van der Waals surface area contributed by atoms with E-state index in [1.807, 2.05) is 18.2 Å². The summed E-state index contributed by atoms with van der Waals surface area (Å²) in [6.45, 7) is 10.8. The Morgan fingerprint density at radius 2 is 1.97 bits per heavy atom. The van der Waals surface area contributed by atoms with Crippen LogP contribution < -0.4 is 0 Å². The maximum Gasteiger partial charge on any atom is 0.308 e. The molecule has 1 aromatic rings. The Hall–Kier alpha value is -1.72. The minimum atomic E-state index is -0.953. The summed E-state index contributed by atoms with van der Waals surface area (Å²) in [5.74, 6) is -0.342. The topological polar surface area (TPSA) is 66.8 Å². The molecule has 0 amide bonds. The van der Waals surface area contributed by atoms with Gasteiger partial charge in [-0.3, -0.25) is 4.79 Å². The highest BCUT2D eigenvalue weighted by atomic mass is 19.1. The number of halogens is 1. The molecule has 30 heavy (non-hydrogen) atoms. The third-order valence-corrected chi connectivity index (χ3v) is 6.34. The second kappa shape index (κ2) is 9.61. The van der Waals surface area contributed by atoms with Crippen molar-refractivity contribution in [1.82, 2.24) is 0 Å². The van der Waals surface area contributed by atoms with Crippen LogP contribution in [0.2, 0.25) is 0 Å². The number of hydrogen-bond acceptors (Lipinski definition) is 4. The maximum atomic E-state index is 13.9. The zero-order chi connectivity index (χ0) is 22.7. The first-order valence-electron chi connectivity index (χ1n) is 10.7. The highest BCUT2D eigenvalue weighted by Crippen LogP contribution is 2.56. The van der Waals surface area contributed by atoms with E-state index in [0.29, 0.717) is 5.56 Å². The van der Waals surface area contributed by atoms with Crippen molar-refractivity contribution in [2.75, 3.05) is 7.11 Å². The summed E-state index contributed by atoms with van der Waals surface area (Å²) in [6, 6.07) is 5.36. The molecule has 4 atom stereocenters. The van der Waals surface area contributed by atoms with Crippen LogP contribution >= 0.6 is 0 Å². The first-order chi connectivity index (χ1) is 13.8. The average molecular weight is 421 g/mol. The lowest BCUT2D eigenvalue weighted by Crippen LogP contribution is -2.40. The highest BCUT2D eigenvalue weighted by molar-refractivity contribution is 5.69. The van der Waals surface area contributed by atoms with Crippen LogP contribution in [0.5, 0.6) is 0 Å². The quantitative estimate of drug-likeness (QED) is 0.486. The summed E-state index contributed by atoms with van der Waals surface area (Å²) in [4.78, 5) is 11.3. The van der Waals surface area contributed by atoms with Crippen molar-refractivity contribution in [3.05, 3.63) is 47.3 Å². The predicted octanol–water partition coefficient (Wildman–Crippen LogP) is 4.91. The summed E-state index contributed by atoms with van der Waals surface area (Å²) in [5, 5.41) is 20.4. The zero-order valence-corrected chi connectivity index (χ0v) is 19.1. The lowest BCUT2D eigenvalue weighted by Gasteiger charge is -2.50. The summed E-state index contributed by atoms with van der Waals surface area (Å²) >= 11 is 0. The number of aliphatic hydroxyl groups is 2. The van der Waals surface area contributed by atoms with Crippen LogP contribution in [0.1, 0.15) is 70.4 Å². The molecule has 4 nitrogen and oxygen atoms in total. The molecule has 0 bridgehead atoms. The van der Waals surface area contributed by atoms with Crippen LogP contribution in [-0.4, -0.2) is 35.5 Å².